The lowest BCUT2D eigenvalue weighted by Crippen LogP contribution is -2.01. The van der Waals surface area contributed by atoms with Crippen molar-refractivity contribution >= 4 is 17.3 Å². The largest absolute Gasteiger partial charge is 0.375 e. The fourth-order valence-corrected chi connectivity index (χ4v) is 1.52. The van der Waals surface area contributed by atoms with E-state index in [9.17, 15) is 0 Å². The summed E-state index contributed by atoms with van der Waals surface area (Å²) < 4.78 is 4.95. The van der Waals surface area contributed by atoms with Gasteiger partial charge < -0.3 is 9.84 Å². The molecule has 0 radical (unpaired) electrons. The zero-order chi connectivity index (χ0) is 12.3. The Kier molecular flexibility index (Phi) is 3.26. The Balaban J connectivity index is 2.13. The van der Waals surface area contributed by atoms with Crippen LogP contribution >= 0.6 is 11.6 Å². The number of halogens is 1. The minimum Gasteiger partial charge on any atom is -0.375 e. The van der Waals surface area contributed by atoms with Crippen molar-refractivity contribution in [1.29, 1.82) is 5.26 Å². The highest BCUT2D eigenvalue weighted by Gasteiger charge is 2.06. The molecule has 0 spiro atoms. The Hall–Kier alpha value is -2.06. The average molecular weight is 249 g/mol. The van der Waals surface area contributed by atoms with E-state index in [0.717, 1.165) is 0 Å². The minimum absolute atomic E-state index is 0.357. The van der Waals surface area contributed by atoms with Gasteiger partial charge in [0.05, 0.1) is 17.8 Å². The third kappa shape index (κ3) is 2.74. The van der Waals surface area contributed by atoms with Crippen molar-refractivity contribution in [3.8, 4) is 6.07 Å². The first-order valence-corrected chi connectivity index (χ1v) is 5.29. The van der Waals surface area contributed by atoms with Crippen molar-refractivity contribution in [2.75, 3.05) is 5.32 Å². The summed E-state index contributed by atoms with van der Waals surface area (Å²) in [5.41, 5.74) is 1.17. The summed E-state index contributed by atoms with van der Waals surface area (Å²) in [6.07, 6.45) is 0. The molecular weight excluding hydrogens is 240 g/mol. The van der Waals surface area contributed by atoms with E-state index in [1.165, 1.54) is 0 Å². The first-order valence-electron chi connectivity index (χ1n) is 4.92. The predicted molar refractivity (Wildman–Crippen MR) is 62.5 cm³/mol. The van der Waals surface area contributed by atoms with E-state index in [-0.39, 0.29) is 0 Å². The standard InChI is InChI=1S/C11H9ClN4O/c1-7-15-11(17-16-7)6-14-10-4-9(12)3-2-8(10)5-13/h2-4,14H,6H2,1H3. The smallest absolute Gasteiger partial charge is 0.245 e. The highest BCUT2D eigenvalue weighted by Crippen LogP contribution is 2.20. The van der Waals surface area contributed by atoms with E-state index in [1.807, 2.05) is 0 Å². The second-order valence-corrected chi connectivity index (χ2v) is 3.83. The average Bonchev–Trinajstić information content (AvgIpc) is 2.73. The van der Waals surface area contributed by atoms with E-state index in [1.54, 1.807) is 25.1 Å². The van der Waals surface area contributed by atoms with Crippen molar-refractivity contribution in [1.82, 2.24) is 10.1 Å². The van der Waals surface area contributed by atoms with Crippen LogP contribution in [0.2, 0.25) is 5.02 Å². The Bertz CT molecular complexity index is 573. The Labute approximate surface area is 103 Å². The molecule has 5 nitrogen and oxygen atoms in total. The summed E-state index contributed by atoms with van der Waals surface area (Å²) in [7, 11) is 0. The van der Waals surface area contributed by atoms with Crippen LogP contribution in [0, 0.1) is 18.3 Å². The maximum Gasteiger partial charge on any atom is 0.245 e. The summed E-state index contributed by atoms with van der Waals surface area (Å²) in [6, 6.07) is 7.09. The third-order valence-corrected chi connectivity index (χ3v) is 2.34. The summed E-state index contributed by atoms with van der Waals surface area (Å²) in [6.45, 7) is 2.10. The number of anilines is 1. The van der Waals surface area contributed by atoms with Gasteiger partial charge in [-0.1, -0.05) is 16.8 Å². The molecule has 1 N–H and O–H groups in total. The van der Waals surface area contributed by atoms with Crippen LogP contribution in [-0.4, -0.2) is 10.1 Å². The van der Waals surface area contributed by atoms with E-state index in [2.05, 4.69) is 21.5 Å². The molecule has 0 aliphatic rings. The maximum absolute atomic E-state index is 8.93. The molecule has 86 valence electrons. The topological polar surface area (TPSA) is 74.7 Å². The Morgan fingerprint density at radius 1 is 1.53 bits per heavy atom. The lowest BCUT2D eigenvalue weighted by atomic mass is 10.2. The number of hydrogen-bond donors (Lipinski definition) is 1. The maximum atomic E-state index is 8.93. The van der Waals surface area contributed by atoms with Crippen LogP contribution in [0.5, 0.6) is 0 Å². The fraction of sp³-hybridized carbons (Fsp3) is 0.182. The number of rotatable bonds is 3. The Morgan fingerprint density at radius 3 is 3.00 bits per heavy atom. The van der Waals surface area contributed by atoms with Crippen LogP contribution in [0.15, 0.2) is 22.7 Å². The van der Waals surface area contributed by atoms with Crippen molar-refractivity contribution in [2.24, 2.45) is 0 Å². The van der Waals surface area contributed by atoms with Gasteiger partial charge in [-0.3, -0.25) is 0 Å². The summed E-state index contributed by atoms with van der Waals surface area (Å²) in [5.74, 6) is 1.04. The van der Waals surface area contributed by atoms with Gasteiger partial charge in [-0.05, 0) is 25.1 Å². The first kappa shape index (κ1) is 11.4. The van der Waals surface area contributed by atoms with Gasteiger partial charge in [0.15, 0.2) is 5.82 Å². The van der Waals surface area contributed by atoms with Crippen molar-refractivity contribution in [3.63, 3.8) is 0 Å². The summed E-state index contributed by atoms with van der Waals surface area (Å²) >= 11 is 5.86. The summed E-state index contributed by atoms with van der Waals surface area (Å²) in [4.78, 5) is 4.05. The third-order valence-electron chi connectivity index (χ3n) is 2.10. The fourth-order valence-electron chi connectivity index (χ4n) is 1.34. The number of nitrogens with zero attached hydrogens (tertiary/aromatic N) is 3. The minimum atomic E-state index is 0.357. The van der Waals surface area contributed by atoms with Crippen molar-refractivity contribution in [2.45, 2.75) is 13.5 Å². The number of nitriles is 1. The lowest BCUT2D eigenvalue weighted by molar-refractivity contribution is 0.379. The highest BCUT2D eigenvalue weighted by atomic mass is 35.5. The number of benzene rings is 1. The molecule has 0 bridgehead atoms. The normalized spacial score (nSPS) is 9.94. The van der Waals surface area contributed by atoms with Gasteiger partial charge in [0.1, 0.15) is 6.07 Å². The molecule has 0 saturated carbocycles. The Morgan fingerprint density at radius 2 is 2.35 bits per heavy atom. The molecule has 0 atom stereocenters. The molecule has 2 rings (SSSR count). The molecule has 6 heteroatoms. The molecular formula is C11H9ClN4O. The lowest BCUT2D eigenvalue weighted by Gasteiger charge is -2.05. The molecule has 0 fully saturated rings. The highest BCUT2D eigenvalue weighted by molar-refractivity contribution is 6.30. The molecule has 0 aliphatic carbocycles. The van der Waals surface area contributed by atoms with Crippen molar-refractivity contribution in [3.05, 3.63) is 40.5 Å². The van der Waals surface area contributed by atoms with Crippen LogP contribution in [0.3, 0.4) is 0 Å². The SMILES string of the molecule is Cc1noc(CNc2cc(Cl)ccc2C#N)n1. The monoisotopic (exact) mass is 248 g/mol. The van der Waals surface area contributed by atoms with Gasteiger partial charge in [0.25, 0.3) is 0 Å². The van der Waals surface area contributed by atoms with Gasteiger partial charge in [0, 0.05) is 5.02 Å². The molecule has 17 heavy (non-hydrogen) atoms. The van der Waals surface area contributed by atoms with Crippen LogP contribution in [0.4, 0.5) is 5.69 Å². The van der Waals surface area contributed by atoms with Crippen LogP contribution in [-0.2, 0) is 6.54 Å². The van der Waals surface area contributed by atoms with E-state index >= 15 is 0 Å². The van der Waals surface area contributed by atoms with Crippen LogP contribution in [0.25, 0.3) is 0 Å². The molecule has 1 aromatic carbocycles. The first-order chi connectivity index (χ1) is 8.19. The van der Waals surface area contributed by atoms with Gasteiger partial charge in [-0.15, -0.1) is 0 Å². The zero-order valence-corrected chi connectivity index (χ0v) is 9.82. The number of nitrogens with one attached hydrogen (secondary N) is 1. The van der Waals surface area contributed by atoms with Crippen molar-refractivity contribution < 1.29 is 4.52 Å². The molecule has 0 aliphatic heterocycles. The van der Waals surface area contributed by atoms with Gasteiger partial charge in [-0.25, -0.2) is 0 Å². The van der Waals surface area contributed by atoms with Crippen LogP contribution < -0.4 is 5.32 Å². The second-order valence-electron chi connectivity index (χ2n) is 3.39. The number of aryl methyl sites for hydroxylation is 1. The molecule has 2 aromatic rings. The van der Waals surface area contributed by atoms with E-state index in [0.29, 0.717) is 34.5 Å². The van der Waals surface area contributed by atoms with E-state index < -0.39 is 0 Å². The molecule has 0 amide bonds. The van der Waals surface area contributed by atoms with Gasteiger partial charge >= 0.3 is 0 Å². The van der Waals surface area contributed by atoms with Gasteiger partial charge in [0.2, 0.25) is 5.89 Å². The molecule has 1 heterocycles. The molecule has 1 aromatic heterocycles. The molecule has 0 unspecified atom stereocenters. The second kappa shape index (κ2) is 4.85. The summed E-state index contributed by atoms with van der Waals surface area (Å²) in [5, 5.41) is 16.2. The quantitative estimate of drug-likeness (QED) is 0.903. The number of aromatic nitrogens is 2. The number of hydrogen-bond acceptors (Lipinski definition) is 5. The predicted octanol–water partition coefficient (Wildman–Crippen LogP) is 2.52. The van der Waals surface area contributed by atoms with E-state index in [4.69, 9.17) is 21.4 Å². The van der Waals surface area contributed by atoms with Gasteiger partial charge in [-0.2, -0.15) is 10.2 Å². The zero-order valence-electron chi connectivity index (χ0n) is 9.07. The van der Waals surface area contributed by atoms with Crippen LogP contribution in [0.1, 0.15) is 17.3 Å². The molecule has 0 saturated heterocycles.